The van der Waals surface area contributed by atoms with Crippen LogP contribution in [0.4, 0.5) is 0 Å². The van der Waals surface area contributed by atoms with Gasteiger partial charge in [0.05, 0.1) is 19.8 Å². The molecule has 0 amide bonds. The van der Waals surface area contributed by atoms with Crippen molar-refractivity contribution in [3.63, 3.8) is 0 Å². The highest BCUT2D eigenvalue weighted by Crippen LogP contribution is 2.30. The smallest absolute Gasteiger partial charge is 0.193 e. The molecule has 2 heterocycles. The highest BCUT2D eigenvalue weighted by atomic mass is 127. The largest absolute Gasteiger partial charge is 0.496 e. The van der Waals surface area contributed by atoms with Crippen molar-refractivity contribution in [3.8, 4) is 5.75 Å². The molecule has 0 radical (unpaired) electrons. The number of ether oxygens (including phenoxy) is 3. The van der Waals surface area contributed by atoms with Gasteiger partial charge in [-0.1, -0.05) is 19.1 Å². The van der Waals surface area contributed by atoms with E-state index in [4.69, 9.17) is 14.2 Å². The lowest BCUT2D eigenvalue weighted by Gasteiger charge is -2.37. The first-order valence-corrected chi connectivity index (χ1v) is 11.1. The second kappa shape index (κ2) is 12.9. The molecule has 0 aromatic heterocycles. The number of hydrogen-bond acceptors (Lipinski definition) is 5. The molecule has 1 N–H and O–H groups in total. The Morgan fingerprint density at radius 3 is 2.83 bits per heavy atom. The van der Waals surface area contributed by atoms with Crippen molar-refractivity contribution < 1.29 is 14.2 Å². The minimum atomic E-state index is 0. The highest BCUT2D eigenvalue weighted by molar-refractivity contribution is 14.0. The Balaban J connectivity index is 0.00000300. The Morgan fingerprint density at radius 1 is 1.31 bits per heavy atom. The van der Waals surface area contributed by atoms with Crippen molar-refractivity contribution in [1.29, 1.82) is 0 Å². The lowest BCUT2D eigenvalue weighted by Crippen LogP contribution is -2.53. The van der Waals surface area contributed by atoms with Crippen molar-refractivity contribution in [3.05, 3.63) is 24.3 Å². The second-order valence-electron chi connectivity index (χ2n) is 7.40. The molecule has 164 valence electrons. The molecule has 3 atom stereocenters. The first-order valence-electron chi connectivity index (χ1n) is 10.2. The molecule has 0 bridgehead atoms. The van der Waals surface area contributed by atoms with Gasteiger partial charge in [-0.3, -0.25) is 4.99 Å². The number of guanidine groups is 1. The lowest BCUT2D eigenvalue weighted by atomic mass is 10.1. The molecule has 3 rings (SSSR count). The van der Waals surface area contributed by atoms with E-state index in [0.717, 1.165) is 63.2 Å². The minimum absolute atomic E-state index is 0. The Hall–Kier alpha value is -0.710. The summed E-state index contributed by atoms with van der Waals surface area (Å²) in [7, 11) is 3.58. The van der Waals surface area contributed by atoms with Gasteiger partial charge in [0.25, 0.3) is 0 Å². The van der Waals surface area contributed by atoms with Gasteiger partial charge in [0, 0.05) is 43.9 Å². The van der Waals surface area contributed by atoms with E-state index in [0.29, 0.717) is 5.92 Å². The average molecular weight is 535 g/mol. The topological polar surface area (TPSA) is 55.3 Å². The third-order valence-corrected chi connectivity index (χ3v) is 6.57. The molecule has 0 aliphatic carbocycles. The number of halogens is 1. The predicted molar refractivity (Wildman–Crippen MR) is 130 cm³/mol. The summed E-state index contributed by atoms with van der Waals surface area (Å²) in [6.45, 7) is 6.44. The number of benzene rings is 1. The maximum absolute atomic E-state index is 5.96. The fraction of sp³-hybridized carbons (Fsp3) is 0.667. The average Bonchev–Trinajstić information content (AvgIpc) is 3.28. The molecular weight excluding hydrogens is 501 g/mol. The molecule has 2 aliphatic heterocycles. The Morgan fingerprint density at radius 2 is 2.10 bits per heavy atom. The normalized spacial score (nSPS) is 23.4. The summed E-state index contributed by atoms with van der Waals surface area (Å²) in [5.41, 5.74) is 0. The number of hydrogen-bond donors (Lipinski definition) is 1. The van der Waals surface area contributed by atoms with Gasteiger partial charge in [-0.25, -0.2) is 0 Å². The number of aliphatic imine (C=N–C) groups is 1. The monoisotopic (exact) mass is 535 g/mol. The zero-order valence-corrected chi connectivity index (χ0v) is 20.8. The Bertz CT molecular complexity index is 643. The van der Waals surface area contributed by atoms with Crippen LogP contribution in [0.1, 0.15) is 19.8 Å². The number of thioether (sulfide) groups is 1. The fourth-order valence-electron chi connectivity index (χ4n) is 3.62. The van der Waals surface area contributed by atoms with E-state index in [9.17, 15) is 0 Å². The standard InChI is InChI=1S/C21H33N3O3S.HI/c1-16(15-28-20-9-5-4-7-18(20)25-3)13-23-21(22-2)24-10-12-27-19(14-24)17-8-6-11-26-17;/h4-5,7,9,16-17,19H,6,8,10-15H2,1-3H3,(H,22,23);1H. The number of nitrogens with one attached hydrogen (secondary N) is 1. The van der Waals surface area contributed by atoms with Crippen molar-refractivity contribution in [2.75, 3.05) is 52.8 Å². The Labute approximate surface area is 196 Å². The van der Waals surface area contributed by atoms with Crippen molar-refractivity contribution >= 4 is 41.7 Å². The van der Waals surface area contributed by atoms with E-state index in [2.05, 4.69) is 34.3 Å². The molecule has 29 heavy (non-hydrogen) atoms. The molecule has 2 saturated heterocycles. The molecule has 3 unspecified atom stereocenters. The van der Waals surface area contributed by atoms with Crippen LogP contribution in [-0.2, 0) is 9.47 Å². The van der Waals surface area contributed by atoms with Crippen LogP contribution in [0.2, 0.25) is 0 Å². The van der Waals surface area contributed by atoms with Crippen LogP contribution in [0.15, 0.2) is 34.2 Å². The number of para-hydroxylation sites is 1. The van der Waals surface area contributed by atoms with E-state index < -0.39 is 0 Å². The molecular formula is C21H34IN3O3S. The number of nitrogens with zero attached hydrogens (tertiary/aromatic N) is 2. The summed E-state index contributed by atoms with van der Waals surface area (Å²) in [6.07, 6.45) is 2.62. The molecule has 0 spiro atoms. The molecule has 8 heteroatoms. The first kappa shape index (κ1) is 24.6. The minimum Gasteiger partial charge on any atom is -0.496 e. The van der Waals surface area contributed by atoms with Gasteiger partial charge in [0.15, 0.2) is 5.96 Å². The summed E-state index contributed by atoms with van der Waals surface area (Å²) < 4.78 is 17.2. The van der Waals surface area contributed by atoms with E-state index in [1.807, 2.05) is 30.9 Å². The fourth-order valence-corrected chi connectivity index (χ4v) is 4.67. The van der Waals surface area contributed by atoms with Crippen LogP contribution >= 0.6 is 35.7 Å². The lowest BCUT2D eigenvalue weighted by molar-refractivity contribution is -0.0817. The summed E-state index contributed by atoms with van der Waals surface area (Å²) in [5.74, 6) is 3.42. The number of rotatable bonds is 7. The van der Waals surface area contributed by atoms with Crippen LogP contribution < -0.4 is 10.1 Å². The van der Waals surface area contributed by atoms with Crippen LogP contribution in [0.25, 0.3) is 0 Å². The van der Waals surface area contributed by atoms with E-state index >= 15 is 0 Å². The quantitative estimate of drug-likeness (QED) is 0.250. The van der Waals surface area contributed by atoms with Crippen molar-refractivity contribution in [2.45, 2.75) is 36.9 Å². The summed E-state index contributed by atoms with van der Waals surface area (Å²) in [6, 6.07) is 8.18. The molecule has 1 aromatic rings. The zero-order valence-electron chi connectivity index (χ0n) is 17.6. The summed E-state index contributed by atoms with van der Waals surface area (Å²) in [4.78, 5) is 7.99. The summed E-state index contributed by atoms with van der Waals surface area (Å²) >= 11 is 1.84. The van der Waals surface area contributed by atoms with E-state index in [1.165, 1.54) is 4.90 Å². The maximum atomic E-state index is 5.96. The molecule has 2 fully saturated rings. The third kappa shape index (κ3) is 7.18. The number of morpholine rings is 1. The number of methoxy groups -OCH3 is 1. The van der Waals surface area contributed by atoms with Gasteiger partial charge >= 0.3 is 0 Å². The third-order valence-electron chi connectivity index (χ3n) is 5.19. The van der Waals surface area contributed by atoms with Gasteiger partial charge in [-0.05, 0) is 30.9 Å². The van der Waals surface area contributed by atoms with Crippen molar-refractivity contribution in [1.82, 2.24) is 10.2 Å². The van der Waals surface area contributed by atoms with Gasteiger partial charge in [-0.15, -0.1) is 35.7 Å². The van der Waals surface area contributed by atoms with Crippen LogP contribution in [0.3, 0.4) is 0 Å². The summed E-state index contributed by atoms with van der Waals surface area (Å²) in [5, 5.41) is 3.55. The van der Waals surface area contributed by atoms with E-state index in [1.54, 1.807) is 7.11 Å². The maximum Gasteiger partial charge on any atom is 0.193 e. The van der Waals surface area contributed by atoms with Gasteiger partial charge in [0.2, 0.25) is 0 Å². The molecule has 0 saturated carbocycles. The van der Waals surface area contributed by atoms with Gasteiger partial charge in [0.1, 0.15) is 11.9 Å². The molecule has 6 nitrogen and oxygen atoms in total. The van der Waals surface area contributed by atoms with Gasteiger partial charge in [-0.2, -0.15) is 0 Å². The van der Waals surface area contributed by atoms with Crippen molar-refractivity contribution in [2.24, 2.45) is 10.9 Å². The highest BCUT2D eigenvalue weighted by Gasteiger charge is 2.32. The van der Waals surface area contributed by atoms with Crippen LogP contribution in [-0.4, -0.2) is 75.8 Å². The predicted octanol–water partition coefficient (Wildman–Crippen LogP) is 3.50. The second-order valence-corrected chi connectivity index (χ2v) is 8.46. The SMILES string of the molecule is CN=C(NCC(C)CSc1ccccc1OC)N1CCOC(C2CCCO2)C1.I. The van der Waals surface area contributed by atoms with Crippen LogP contribution in [0.5, 0.6) is 5.75 Å². The van der Waals surface area contributed by atoms with Gasteiger partial charge < -0.3 is 24.4 Å². The molecule has 1 aromatic carbocycles. The Kier molecular flexibility index (Phi) is 10.9. The molecule has 2 aliphatic rings. The van der Waals surface area contributed by atoms with Crippen LogP contribution in [0, 0.1) is 5.92 Å². The van der Waals surface area contributed by atoms with E-state index in [-0.39, 0.29) is 36.2 Å². The first-order chi connectivity index (χ1) is 13.7. The zero-order chi connectivity index (χ0) is 19.8.